The molecule has 0 aliphatic carbocycles. The number of thiophene rings is 1. The van der Waals surface area contributed by atoms with Crippen LogP contribution < -0.4 is 5.32 Å². The fraction of sp³-hybridized carbons (Fsp3) is 0.556. The summed E-state index contributed by atoms with van der Waals surface area (Å²) in [5.74, 6) is 0. The van der Waals surface area contributed by atoms with E-state index in [4.69, 9.17) is 0 Å². The van der Waals surface area contributed by atoms with Gasteiger partial charge in [-0.2, -0.15) is 0 Å². The molecule has 1 aromatic heterocycles. The number of nitrogens with zero attached hydrogens (tertiary/aromatic N) is 1. The van der Waals surface area contributed by atoms with Crippen molar-refractivity contribution < 1.29 is 0 Å². The van der Waals surface area contributed by atoms with Crippen LogP contribution in [0.2, 0.25) is 0 Å². The van der Waals surface area contributed by atoms with Gasteiger partial charge in [-0.15, -0.1) is 11.3 Å². The smallest absolute Gasteiger partial charge is 0.0325 e. The summed E-state index contributed by atoms with van der Waals surface area (Å²) in [6, 6.07) is 5.01. The van der Waals surface area contributed by atoms with Crippen LogP contribution >= 0.6 is 11.3 Å². The molecule has 0 bridgehead atoms. The van der Waals surface area contributed by atoms with E-state index in [-0.39, 0.29) is 0 Å². The highest BCUT2D eigenvalue weighted by atomic mass is 32.1. The van der Waals surface area contributed by atoms with Gasteiger partial charge in [-0.3, -0.25) is 0 Å². The molecule has 1 N–H and O–H groups in total. The van der Waals surface area contributed by atoms with Gasteiger partial charge in [-0.05, 0) is 18.5 Å². The number of nitrogens with one attached hydrogen (secondary N) is 1. The maximum atomic E-state index is 3.52. The second-order valence-corrected chi connectivity index (χ2v) is 4.41. The van der Waals surface area contributed by atoms with Gasteiger partial charge in [0.2, 0.25) is 0 Å². The quantitative estimate of drug-likeness (QED) is 0.754. The number of hydrogen-bond donors (Lipinski definition) is 1. The normalized spacial score (nSPS) is 19.4. The van der Waals surface area contributed by atoms with Crippen molar-refractivity contribution in [2.75, 3.05) is 20.1 Å². The Labute approximate surface area is 77.2 Å². The van der Waals surface area contributed by atoms with Crippen LogP contribution in [0.5, 0.6) is 0 Å². The van der Waals surface area contributed by atoms with Gasteiger partial charge in [-0.1, -0.05) is 6.07 Å². The first kappa shape index (κ1) is 8.23. The molecule has 1 aromatic rings. The Kier molecular flexibility index (Phi) is 2.44. The Balaban J connectivity index is 1.70. The summed E-state index contributed by atoms with van der Waals surface area (Å²) in [4.78, 5) is 3.76. The van der Waals surface area contributed by atoms with Crippen molar-refractivity contribution in [2.45, 2.75) is 12.6 Å². The Bertz CT molecular complexity index is 227. The predicted molar refractivity (Wildman–Crippen MR) is 52.4 cm³/mol. The summed E-state index contributed by atoms with van der Waals surface area (Å²) in [5.41, 5.74) is 0. The van der Waals surface area contributed by atoms with Crippen LogP contribution in [-0.4, -0.2) is 31.1 Å². The molecule has 66 valence electrons. The Hall–Kier alpha value is -0.380. The first-order chi connectivity index (χ1) is 5.84. The molecule has 2 heterocycles. The van der Waals surface area contributed by atoms with Gasteiger partial charge in [0, 0.05) is 30.6 Å². The van der Waals surface area contributed by atoms with Crippen LogP contribution in [0.15, 0.2) is 17.5 Å². The second kappa shape index (κ2) is 3.56. The summed E-state index contributed by atoms with van der Waals surface area (Å²) in [6.07, 6.45) is 0. The third-order valence-corrected chi connectivity index (χ3v) is 3.09. The van der Waals surface area contributed by atoms with E-state index in [1.54, 1.807) is 0 Å². The van der Waals surface area contributed by atoms with Crippen molar-refractivity contribution in [3.63, 3.8) is 0 Å². The molecule has 2 rings (SSSR count). The molecule has 2 nitrogen and oxygen atoms in total. The largest absolute Gasteiger partial charge is 0.307 e. The minimum absolute atomic E-state index is 0.720. The molecule has 0 radical (unpaired) electrons. The highest BCUT2D eigenvalue weighted by Crippen LogP contribution is 2.10. The van der Waals surface area contributed by atoms with Crippen LogP contribution in [-0.2, 0) is 6.54 Å². The summed E-state index contributed by atoms with van der Waals surface area (Å²) in [6.45, 7) is 3.44. The number of hydrogen-bond acceptors (Lipinski definition) is 3. The lowest BCUT2D eigenvalue weighted by Crippen LogP contribution is -2.55. The van der Waals surface area contributed by atoms with E-state index in [9.17, 15) is 0 Å². The zero-order chi connectivity index (χ0) is 8.39. The summed E-state index contributed by atoms with van der Waals surface area (Å²) >= 11 is 1.82. The monoisotopic (exact) mass is 182 g/mol. The maximum Gasteiger partial charge on any atom is 0.0325 e. The molecule has 1 aliphatic heterocycles. The molecule has 0 atom stereocenters. The minimum Gasteiger partial charge on any atom is -0.307 e. The molecule has 0 amide bonds. The first-order valence-corrected chi connectivity index (χ1v) is 5.17. The van der Waals surface area contributed by atoms with Crippen LogP contribution in [0, 0.1) is 0 Å². The third kappa shape index (κ3) is 1.86. The van der Waals surface area contributed by atoms with Gasteiger partial charge in [0.1, 0.15) is 0 Å². The molecule has 0 spiro atoms. The van der Waals surface area contributed by atoms with Crippen molar-refractivity contribution in [1.82, 2.24) is 10.2 Å². The SMILES string of the molecule is CN1CC(NCc2cccs2)C1. The molecule has 1 fully saturated rings. The van der Waals surface area contributed by atoms with E-state index >= 15 is 0 Å². The summed E-state index contributed by atoms with van der Waals surface area (Å²) in [5, 5.41) is 5.65. The van der Waals surface area contributed by atoms with Crippen LogP contribution in [0.25, 0.3) is 0 Å². The van der Waals surface area contributed by atoms with E-state index in [0.29, 0.717) is 0 Å². The molecule has 1 aliphatic rings. The Morgan fingerprint density at radius 2 is 2.50 bits per heavy atom. The van der Waals surface area contributed by atoms with Crippen molar-refractivity contribution in [1.29, 1.82) is 0 Å². The van der Waals surface area contributed by atoms with E-state index in [1.165, 1.54) is 18.0 Å². The molecule has 1 saturated heterocycles. The molecule has 0 saturated carbocycles. The van der Waals surface area contributed by atoms with Crippen molar-refractivity contribution in [3.05, 3.63) is 22.4 Å². The second-order valence-electron chi connectivity index (χ2n) is 3.38. The fourth-order valence-corrected chi connectivity index (χ4v) is 2.14. The summed E-state index contributed by atoms with van der Waals surface area (Å²) < 4.78 is 0. The zero-order valence-corrected chi connectivity index (χ0v) is 8.10. The number of rotatable bonds is 3. The van der Waals surface area contributed by atoms with Gasteiger partial charge in [0.15, 0.2) is 0 Å². The van der Waals surface area contributed by atoms with Gasteiger partial charge in [-0.25, -0.2) is 0 Å². The highest BCUT2D eigenvalue weighted by Gasteiger charge is 2.21. The summed E-state index contributed by atoms with van der Waals surface area (Å²) in [7, 11) is 2.16. The van der Waals surface area contributed by atoms with Gasteiger partial charge < -0.3 is 10.2 Å². The topological polar surface area (TPSA) is 15.3 Å². The third-order valence-electron chi connectivity index (χ3n) is 2.21. The van der Waals surface area contributed by atoms with Crippen molar-refractivity contribution in [2.24, 2.45) is 0 Å². The number of likely N-dealkylation sites (tertiary alicyclic amines) is 1. The van der Waals surface area contributed by atoms with Crippen LogP contribution in [0.3, 0.4) is 0 Å². The highest BCUT2D eigenvalue weighted by molar-refractivity contribution is 7.09. The van der Waals surface area contributed by atoms with E-state index in [0.717, 1.165) is 12.6 Å². The van der Waals surface area contributed by atoms with Crippen LogP contribution in [0.1, 0.15) is 4.88 Å². The van der Waals surface area contributed by atoms with Crippen molar-refractivity contribution >= 4 is 11.3 Å². The molecule has 3 heteroatoms. The molecule has 0 unspecified atom stereocenters. The minimum atomic E-state index is 0.720. The van der Waals surface area contributed by atoms with Crippen molar-refractivity contribution in [3.8, 4) is 0 Å². The first-order valence-electron chi connectivity index (χ1n) is 4.29. The Morgan fingerprint density at radius 1 is 1.67 bits per heavy atom. The van der Waals surface area contributed by atoms with Crippen LogP contribution in [0.4, 0.5) is 0 Å². The van der Waals surface area contributed by atoms with Gasteiger partial charge >= 0.3 is 0 Å². The lowest BCUT2D eigenvalue weighted by atomic mass is 10.1. The predicted octanol–water partition coefficient (Wildman–Crippen LogP) is 1.15. The molecular formula is C9H14N2S. The molecule has 12 heavy (non-hydrogen) atoms. The average molecular weight is 182 g/mol. The lowest BCUT2D eigenvalue weighted by Gasteiger charge is -2.36. The average Bonchev–Trinajstić information content (AvgIpc) is 2.47. The number of likely N-dealkylation sites (N-methyl/N-ethyl adjacent to an activating group) is 1. The van der Waals surface area contributed by atoms with E-state index in [1.807, 2.05) is 11.3 Å². The zero-order valence-electron chi connectivity index (χ0n) is 7.29. The standard InChI is InChI=1S/C9H14N2S/c1-11-6-8(7-11)10-5-9-3-2-4-12-9/h2-4,8,10H,5-7H2,1H3. The van der Waals surface area contributed by atoms with E-state index in [2.05, 4.69) is 34.8 Å². The fourth-order valence-electron chi connectivity index (χ4n) is 1.49. The van der Waals surface area contributed by atoms with E-state index < -0.39 is 0 Å². The molecule has 0 aromatic carbocycles. The van der Waals surface area contributed by atoms with Gasteiger partial charge in [0.25, 0.3) is 0 Å². The molecular weight excluding hydrogens is 168 g/mol. The maximum absolute atomic E-state index is 3.52. The van der Waals surface area contributed by atoms with Gasteiger partial charge in [0.05, 0.1) is 0 Å². The lowest BCUT2D eigenvalue weighted by molar-refractivity contribution is 0.161. The Morgan fingerprint density at radius 3 is 3.08 bits per heavy atom.